The van der Waals surface area contributed by atoms with E-state index in [2.05, 4.69) is 53.2 Å². The van der Waals surface area contributed by atoms with Crippen LogP contribution in [0.25, 0.3) is 0 Å². The number of hydrogen-bond donors (Lipinski definition) is 10. The molecular formula is C32H53N11O11. The van der Waals surface area contributed by atoms with Crippen LogP contribution in [0.5, 0.6) is 0 Å². The minimum atomic E-state index is -1.10. The number of hydrogen-bond acceptors (Lipinski definition) is 11. The van der Waals surface area contributed by atoms with Crippen molar-refractivity contribution in [1.29, 1.82) is 0 Å². The van der Waals surface area contributed by atoms with Gasteiger partial charge in [0.25, 0.3) is 0 Å². The average molecular weight is 768 g/mol. The molecule has 0 spiro atoms. The Hall–Kier alpha value is -5.83. The summed E-state index contributed by atoms with van der Waals surface area (Å²) in [6.07, 6.45) is 0. The molecule has 0 saturated carbocycles. The van der Waals surface area contributed by atoms with Crippen LogP contribution in [0.3, 0.4) is 0 Å². The Morgan fingerprint density at radius 2 is 0.722 bits per heavy atom. The minimum Gasteiger partial charge on any atom is -0.346 e. The standard InChI is InChI=1S/C32H53N11O11/c1-17(2)15-43-16-28(52)39-11-24(48)35-10-22(46)37-13-26(50)41-29(18(3)4)31(53)40-12-25(49)36-8-21(45)33-7-20(44)34-9-23(47)38-14-27(51)42-30(19(5)6)32(43)54/h17-19,29-30H,7-16H2,1-6H3,(H,33,45)(H,34,44)(H,35,48)(H,36,49)(H,37,46)(H,38,47)(H,39,52)(H,40,53)(H,41,50)(H,42,51). The van der Waals surface area contributed by atoms with E-state index in [-0.39, 0.29) is 12.5 Å². The SMILES string of the molecule is CC(C)CN1CC(=O)NCC(=O)NCC(=O)NCC(=O)NC(C(C)C)C(=O)NCC(=O)NCC(=O)NCC(=O)NCC(=O)NCC(=O)NC(C(C)C)C1=O. The predicted molar refractivity (Wildman–Crippen MR) is 189 cm³/mol. The normalized spacial score (nSPS) is 21.4. The van der Waals surface area contributed by atoms with E-state index >= 15 is 0 Å². The topological polar surface area (TPSA) is 311 Å². The van der Waals surface area contributed by atoms with E-state index < -0.39 is 148 Å². The molecule has 0 bridgehead atoms. The van der Waals surface area contributed by atoms with Crippen LogP contribution < -0.4 is 53.2 Å². The lowest BCUT2D eigenvalue weighted by atomic mass is 10.0. The molecule has 2 unspecified atom stereocenters. The number of amides is 11. The maximum Gasteiger partial charge on any atom is 0.245 e. The molecule has 1 rings (SSSR count). The molecule has 1 fully saturated rings. The van der Waals surface area contributed by atoms with Gasteiger partial charge in [0.2, 0.25) is 65.0 Å². The maximum atomic E-state index is 13.5. The van der Waals surface area contributed by atoms with Crippen molar-refractivity contribution in [2.24, 2.45) is 17.8 Å². The third-order valence-electron chi connectivity index (χ3n) is 7.29. The number of carbonyl (C=O) groups excluding carboxylic acids is 11. The molecule has 1 aliphatic heterocycles. The van der Waals surface area contributed by atoms with Crippen LogP contribution in [0.2, 0.25) is 0 Å². The van der Waals surface area contributed by atoms with Gasteiger partial charge in [-0.15, -0.1) is 0 Å². The molecule has 0 aromatic carbocycles. The Morgan fingerprint density at radius 3 is 1.06 bits per heavy atom. The van der Waals surface area contributed by atoms with E-state index in [1.54, 1.807) is 27.7 Å². The molecule has 0 radical (unpaired) electrons. The summed E-state index contributed by atoms with van der Waals surface area (Å²) in [6, 6.07) is -2.20. The lowest BCUT2D eigenvalue weighted by molar-refractivity contribution is -0.141. The van der Waals surface area contributed by atoms with Crippen molar-refractivity contribution in [3.8, 4) is 0 Å². The van der Waals surface area contributed by atoms with E-state index in [1.165, 1.54) is 4.90 Å². The van der Waals surface area contributed by atoms with Gasteiger partial charge in [-0.1, -0.05) is 41.5 Å². The summed E-state index contributed by atoms with van der Waals surface area (Å²) in [5.41, 5.74) is 0. The van der Waals surface area contributed by atoms with Gasteiger partial charge in [0.1, 0.15) is 12.1 Å². The second-order valence-electron chi connectivity index (χ2n) is 13.3. The molecule has 1 saturated heterocycles. The molecule has 0 aliphatic carbocycles. The molecule has 10 N–H and O–H groups in total. The maximum absolute atomic E-state index is 13.5. The summed E-state index contributed by atoms with van der Waals surface area (Å²) < 4.78 is 0. The predicted octanol–water partition coefficient (Wildman–Crippen LogP) is -6.30. The molecule has 2 atom stereocenters. The van der Waals surface area contributed by atoms with Crippen LogP contribution in [-0.2, 0) is 52.7 Å². The van der Waals surface area contributed by atoms with E-state index in [0.717, 1.165) is 0 Å². The van der Waals surface area contributed by atoms with Crippen molar-refractivity contribution in [2.75, 3.05) is 65.4 Å². The summed E-state index contributed by atoms with van der Waals surface area (Å²) in [5.74, 6) is -9.00. The zero-order valence-corrected chi connectivity index (χ0v) is 31.4. The van der Waals surface area contributed by atoms with Gasteiger partial charge in [-0.3, -0.25) is 52.7 Å². The molecule has 22 nitrogen and oxygen atoms in total. The minimum absolute atomic E-state index is 0.0902. The Kier molecular flexibility index (Phi) is 20.3. The Bertz CT molecular complexity index is 1420. The van der Waals surface area contributed by atoms with E-state index in [0.29, 0.717) is 0 Å². The van der Waals surface area contributed by atoms with Crippen LogP contribution in [0.15, 0.2) is 0 Å². The quantitative estimate of drug-likeness (QED) is 0.128. The zero-order valence-electron chi connectivity index (χ0n) is 31.4. The lowest BCUT2D eigenvalue weighted by Gasteiger charge is -2.30. The Labute approximate surface area is 312 Å². The van der Waals surface area contributed by atoms with Crippen LogP contribution in [0.4, 0.5) is 0 Å². The molecule has 1 aliphatic rings. The average Bonchev–Trinajstić information content (AvgIpc) is 3.10. The monoisotopic (exact) mass is 767 g/mol. The van der Waals surface area contributed by atoms with E-state index in [1.807, 2.05) is 13.8 Å². The molecule has 302 valence electrons. The van der Waals surface area contributed by atoms with Crippen molar-refractivity contribution in [1.82, 2.24) is 58.1 Å². The van der Waals surface area contributed by atoms with Gasteiger partial charge in [0, 0.05) is 6.54 Å². The highest BCUT2D eigenvalue weighted by Crippen LogP contribution is 2.09. The van der Waals surface area contributed by atoms with Crippen LogP contribution in [0, 0.1) is 17.8 Å². The first kappa shape index (κ1) is 46.2. The fraction of sp³-hybridized carbons (Fsp3) is 0.656. The molecule has 54 heavy (non-hydrogen) atoms. The fourth-order valence-corrected chi connectivity index (χ4v) is 4.50. The van der Waals surface area contributed by atoms with Gasteiger partial charge in [-0.25, -0.2) is 0 Å². The summed E-state index contributed by atoms with van der Waals surface area (Å²) in [7, 11) is 0. The largest absolute Gasteiger partial charge is 0.346 e. The molecule has 22 heteroatoms. The van der Waals surface area contributed by atoms with E-state index in [4.69, 9.17) is 0 Å². The first-order chi connectivity index (χ1) is 25.3. The van der Waals surface area contributed by atoms with Gasteiger partial charge in [0.05, 0.1) is 58.9 Å². The summed E-state index contributed by atoms with van der Waals surface area (Å²) >= 11 is 0. The molecule has 0 aromatic heterocycles. The van der Waals surface area contributed by atoms with Crippen molar-refractivity contribution >= 4 is 65.0 Å². The second-order valence-corrected chi connectivity index (χ2v) is 13.3. The van der Waals surface area contributed by atoms with Gasteiger partial charge < -0.3 is 58.1 Å². The number of rotatable bonds is 4. The second kappa shape index (κ2) is 23.7. The molecular weight excluding hydrogens is 714 g/mol. The number of carbonyl (C=O) groups is 11. The first-order valence-corrected chi connectivity index (χ1v) is 17.3. The highest BCUT2D eigenvalue weighted by atomic mass is 16.2. The lowest BCUT2D eigenvalue weighted by Crippen LogP contribution is -2.55. The number of nitrogens with one attached hydrogen (secondary N) is 10. The van der Waals surface area contributed by atoms with Gasteiger partial charge >= 0.3 is 0 Å². The molecule has 1 heterocycles. The summed E-state index contributed by atoms with van der Waals surface area (Å²) in [6.45, 7) is 5.46. The van der Waals surface area contributed by atoms with Crippen LogP contribution >= 0.6 is 0 Å². The van der Waals surface area contributed by atoms with Crippen LogP contribution in [0.1, 0.15) is 41.5 Å². The first-order valence-electron chi connectivity index (χ1n) is 17.3. The summed E-state index contributed by atoms with van der Waals surface area (Å²) in [4.78, 5) is 138. The fourth-order valence-electron chi connectivity index (χ4n) is 4.50. The third-order valence-corrected chi connectivity index (χ3v) is 7.29. The number of nitrogens with zero attached hydrogens (tertiary/aromatic N) is 1. The highest BCUT2D eigenvalue weighted by Gasteiger charge is 2.30. The van der Waals surface area contributed by atoms with Gasteiger partial charge in [-0.2, -0.15) is 0 Å². The highest BCUT2D eigenvalue weighted by molar-refractivity contribution is 5.96. The molecule has 11 amide bonds. The Morgan fingerprint density at radius 1 is 0.426 bits per heavy atom. The smallest absolute Gasteiger partial charge is 0.245 e. The zero-order chi connectivity index (χ0) is 41.0. The molecule has 0 aromatic rings. The van der Waals surface area contributed by atoms with Gasteiger partial charge in [-0.05, 0) is 17.8 Å². The van der Waals surface area contributed by atoms with E-state index in [9.17, 15) is 52.7 Å². The summed E-state index contributed by atoms with van der Waals surface area (Å²) in [5, 5.41) is 23.3. The van der Waals surface area contributed by atoms with Crippen LogP contribution in [-0.4, -0.2) is 147 Å². The van der Waals surface area contributed by atoms with Crippen molar-refractivity contribution < 1.29 is 52.7 Å². The van der Waals surface area contributed by atoms with Crippen molar-refractivity contribution in [3.05, 3.63) is 0 Å². The van der Waals surface area contributed by atoms with Gasteiger partial charge in [0.15, 0.2) is 0 Å². The van der Waals surface area contributed by atoms with Crippen molar-refractivity contribution in [2.45, 2.75) is 53.6 Å². The van der Waals surface area contributed by atoms with Crippen molar-refractivity contribution in [3.63, 3.8) is 0 Å². The Balaban J connectivity index is 3.04. The third kappa shape index (κ3) is 19.1.